The van der Waals surface area contributed by atoms with E-state index in [-0.39, 0.29) is 24.0 Å². The highest BCUT2D eigenvalue weighted by Crippen LogP contribution is 2.02. The van der Waals surface area contributed by atoms with Gasteiger partial charge in [0.1, 0.15) is 12.2 Å². The Bertz CT molecular complexity index is 605. The van der Waals surface area contributed by atoms with Crippen LogP contribution in [0.1, 0.15) is 23.9 Å². The predicted molar refractivity (Wildman–Crippen MR) is 104 cm³/mol. The van der Waals surface area contributed by atoms with Gasteiger partial charge in [0.15, 0.2) is 5.96 Å². The van der Waals surface area contributed by atoms with E-state index in [1.165, 1.54) is 11.1 Å². The van der Waals surface area contributed by atoms with Crippen molar-refractivity contribution in [1.82, 2.24) is 25.4 Å². The molecular formula is C16H25IN6. The van der Waals surface area contributed by atoms with Crippen LogP contribution in [0.3, 0.4) is 0 Å². The Kier molecular flexibility index (Phi) is 8.60. The van der Waals surface area contributed by atoms with Gasteiger partial charge in [-0.05, 0) is 12.5 Å². The Morgan fingerprint density at radius 1 is 1.22 bits per heavy atom. The number of aromatic nitrogens is 3. The molecule has 0 spiro atoms. The predicted octanol–water partition coefficient (Wildman–Crippen LogP) is 2.13. The number of hydrogen-bond acceptors (Lipinski definition) is 3. The maximum absolute atomic E-state index is 4.24. The molecule has 1 aromatic heterocycles. The third-order valence-electron chi connectivity index (χ3n) is 3.46. The van der Waals surface area contributed by atoms with Crippen molar-refractivity contribution in [2.75, 3.05) is 13.6 Å². The van der Waals surface area contributed by atoms with E-state index in [2.05, 4.69) is 68.5 Å². The van der Waals surface area contributed by atoms with Crippen LogP contribution in [0.25, 0.3) is 0 Å². The number of halogens is 1. The third kappa shape index (κ3) is 6.17. The van der Waals surface area contributed by atoms with Crippen LogP contribution in [0.2, 0.25) is 0 Å². The molecule has 0 radical (unpaired) electrons. The smallest absolute Gasteiger partial charge is 0.191 e. The Balaban J connectivity index is 0.00000264. The molecule has 23 heavy (non-hydrogen) atoms. The molecule has 2 aromatic rings. The molecule has 0 bridgehead atoms. The molecule has 0 aliphatic heterocycles. The van der Waals surface area contributed by atoms with Gasteiger partial charge in [0.05, 0.1) is 0 Å². The summed E-state index contributed by atoms with van der Waals surface area (Å²) in [7, 11) is 1.78. The van der Waals surface area contributed by atoms with E-state index < -0.39 is 0 Å². The Labute approximate surface area is 154 Å². The normalized spacial score (nSPS) is 11.0. The number of nitrogens with zero attached hydrogens (tertiary/aromatic N) is 4. The quantitative estimate of drug-likeness (QED) is 0.421. The summed E-state index contributed by atoms with van der Waals surface area (Å²) in [5.74, 6) is 1.80. The van der Waals surface area contributed by atoms with E-state index in [1.807, 2.05) is 0 Å². The number of guanidine groups is 1. The van der Waals surface area contributed by atoms with Gasteiger partial charge in [0, 0.05) is 33.1 Å². The zero-order valence-electron chi connectivity index (χ0n) is 13.9. The molecule has 2 N–H and O–H groups in total. The molecule has 0 atom stereocenters. The highest BCUT2D eigenvalue weighted by atomic mass is 127. The van der Waals surface area contributed by atoms with Gasteiger partial charge in [-0.15, -0.1) is 34.2 Å². The first kappa shape index (κ1) is 19.4. The van der Waals surface area contributed by atoms with Gasteiger partial charge >= 0.3 is 0 Å². The first-order chi connectivity index (χ1) is 10.7. The summed E-state index contributed by atoms with van der Waals surface area (Å²) in [6, 6.07) is 8.48. The first-order valence-corrected chi connectivity index (χ1v) is 7.59. The van der Waals surface area contributed by atoms with Gasteiger partial charge in [-0.25, -0.2) is 0 Å². The molecule has 0 unspecified atom stereocenters. The minimum Gasteiger partial charge on any atom is -0.355 e. The van der Waals surface area contributed by atoms with Gasteiger partial charge in [0.2, 0.25) is 0 Å². The van der Waals surface area contributed by atoms with Crippen LogP contribution in [0.5, 0.6) is 0 Å². The highest BCUT2D eigenvalue weighted by Gasteiger charge is 2.02. The second-order valence-corrected chi connectivity index (χ2v) is 5.13. The van der Waals surface area contributed by atoms with Crippen molar-refractivity contribution < 1.29 is 0 Å². The lowest BCUT2D eigenvalue weighted by Gasteiger charge is -2.12. The zero-order chi connectivity index (χ0) is 15.8. The fourth-order valence-electron chi connectivity index (χ4n) is 2.15. The summed E-state index contributed by atoms with van der Waals surface area (Å²) in [4.78, 5) is 4.24. The second-order valence-electron chi connectivity index (χ2n) is 5.13. The van der Waals surface area contributed by atoms with E-state index in [9.17, 15) is 0 Å². The van der Waals surface area contributed by atoms with Crippen molar-refractivity contribution in [1.29, 1.82) is 0 Å². The van der Waals surface area contributed by atoms with Gasteiger partial charge in [0.25, 0.3) is 0 Å². The molecule has 6 nitrogen and oxygen atoms in total. The number of nitrogens with one attached hydrogen (secondary N) is 2. The molecule has 0 saturated carbocycles. The average Bonchev–Trinajstić information content (AvgIpc) is 2.99. The Morgan fingerprint density at radius 2 is 1.96 bits per heavy atom. The lowest BCUT2D eigenvalue weighted by atomic mass is 10.1. The molecule has 126 valence electrons. The van der Waals surface area contributed by atoms with Crippen molar-refractivity contribution in [2.45, 2.75) is 33.4 Å². The molecule has 0 aliphatic carbocycles. The Morgan fingerprint density at radius 3 is 2.61 bits per heavy atom. The standard InChI is InChI=1S/C16H24N6.HI/c1-4-15-21-20-12-22(15)10-9-18-16(17-3)19-11-14-7-5-13(2)6-8-14;/h5-8,12H,4,9-11H2,1-3H3,(H2,17,18,19);1H. The average molecular weight is 428 g/mol. The van der Waals surface area contributed by atoms with Crippen molar-refractivity contribution in [3.8, 4) is 0 Å². The van der Waals surface area contributed by atoms with E-state index in [1.54, 1.807) is 13.4 Å². The number of benzene rings is 1. The SMILES string of the molecule is CCc1nncn1CCNC(=NC)NCc1ccc(C)cc1.I. The lowest BCUT2D eigenvalue weighted by molar-refractivity contribution is 0.632. The molecule has 7 heteroatoms. The van der Waals surface area contributed by atoms with E-state index in [0.29, 0.717) is 0 Å². The fraction of sp³-hybridized carbons (Fsp3) is 0.438. The van der Waals surface area contributed by atoms with Crippen LogP contribution < -0.4 is 10.6 Å². The van der Waals surface area contributed by atoms with Crippen LogP contribution in [0.15, 0.2) is 35.6 Å². The van der Waals surface area contributed by atoms with E-state index in [0.717, 1.165) is 37.8 Å². The maximum Gasteiger partial charge on any atom is 0.191 e. The van der Waals surface area contributed by atoms with Crippen molar-refractivity contribution >= 4 is 29.9 Å². The largest absolute Gasteiger partial charge is 0.355 e. The van der Waals surface area contributed by atoms with Crippen molar-refractivity contribution in [3.05, 3.63) is 47.5 Å². The van der Waals surface area contributed by atoms with Gasteiger partial charge in [-0.3, -0.25) is 4.99 Å². The summed E-state index contributed by atoms with van der Waals surface area (Å²) >= 11 is 0. The third-order valence-corrected chi connectivity index (χ3v) is 3.46. The zero-order valence-corrected chi connectivity index (χ0v) is 16.2. The van der Waals surface area contributed by atoms with Gasteiger partial charge < -0.3 is 15.2 Å². The number of hydrogen-bond donors (Lipinski definition) is 2. The number of aryl methyl sites for hydroxylation is 2. The molecular weight excluding hydrogens is 403 g/mol. The number of rotatable bonds is 6. The van der Waals surface area contributed by atoms with Crippen molar-refractivity contribution in [3.63, 3.8) is 0 Å². The molecule has 1 aromatic carbocycles. The molecule has 0 saturated heterocycles. The van der Waals surface area contributed by atoms with Crippen LogP contribution >= 0.6 is 24.0 Å². The summed E-state index contributed by atoms with van der Waals surface area (Å²) in [5, 5.41) is 14.6. The fourth-order valence-corrected chi connectivity index (χ4v) is 2.15. The summed E-state index contributed by atoms with van der Waals surface area (Å²) in [5.41, 5.74) is 2.51. The summed E-state index contributed by atoms with van der Waals surface area (Å²) in [6.07, 6.45) is 2.66. The molecule has 2 rings (SSSR count). The molecule has 0 amide bonds. The molecule has 1 heterocycles. The minimum absolute atomic E-state index is 0. The molecule has 0 aliphatic rings. The van der Waals surface area contributed by atoms with Gasteiger partial charge in [-0.1, -0.05) is 36.8 Å². The van der Waals surface area contributed by atoms with E-state index >= 15 is 0 Å². The monoisotopic (exact) mass is 428 g/mol. The number of aliphatic imine (C=N–C) groups is 1. The maximum atomic E-state index is 4.24. The van der Waals surface area contributed by atoms with Gasteiger partial charge in [-0.2, -0.15) is 0 Å². The Hall–Kier alpha value is -1.64. The van der Waals surface area contributed by atoms with Crippen LogP contribution in [-0.2, 0) is 19.5 Å². The summed E-state index contributed by atoms with van der Waals surface area (Å²) < 4.78 is 2.06. The van der Waals surface area contributed by atoms with E-state index in [4.69, 9.17) is 0 Å². The minimum atomic E-state index is 0. The van der Waals surface area contributed by atoms with Crippen LogP contribution in [-0.4, -0.2) is 34.3 Å². The van der Waals surface area contributed by atoms with Crippen LogP contribution in [0.4, 0.5) is 0 Å². The highest BCUT2D eigenvalue weighted by molar-refractivity contribution is 14.0. The first-order valence-electron chi connectivity index (χ1n) is 7.59. The summed E-state index contributed by atoms with van der Waals surface area (Å²) in [6.45, 7) is 6.52. The topological polar surface area (TPSA) is 67.1 Å². The lowest BCUT2D eigenvalue weighted by Crippen LogP contribution is -2.38. The molecule has 0 fully saturated rings. The van der Waals surface area contributed by atoms with Crippen molar-refractivity contribution in [2.24, 2.45) is 4.99 Å². The second kappa shape index (κ2) is 10.2. The van der Waals surface area contributed by atoms with Crippen LogP contribution in [0, 0.1) is 6.92 Å².